The number of amides is 1. The van der Waals surface area contributed by atoms with Crippen molar-refractivity contribution in [1.29, 1.82) is 0 Å². The Hall–Kier alpha value is -1.35. The lowest BCUT2D eigenvalue weighted by Crippen LogP contribution is -2.50. The highest BCUT2D eigenvalue weighted by Gasteiger charge is 2.43. The zero-order valence-electron chi connectivity index (χ0n) is 19.7. The van der Waals surface area contributed by atoms with Crippen molar-refractivity contribution in [3.63, 3.8) is 0 Å². The molecule has 1 amide bonds. The molecule has 0 unspecified atom stereocenters. The number of nitrogens with one attached hydrogen (secondary N) is 1. The number of benzene rings is 1. The summed E-state index contributed by atoms with van der Waals surface area (Å²) < 4.78 is 0. The lowest BCUT2D eigenvalue weighted by molar-refractivity contribution is -0.119. The summed E-state index contributed by atoms with van der Waals surface area (Å²) in [4.78, 5) is 14.5. The van der Waals surface area contributed by atoms with Crippen LogP contribution < -0.4 is 5.32 Å². The maximum Gasteiger partial charge on any atom is 0.217 e. The van der Waals surface area contributed by atoms with Gasteiger partial charge in [0.1, 0.15) is 0 Å². The van der Waals surface area contributed by atoms with Crippen LogP contribution in [0.5, 0.6) is 0 Å². The monoisotopic (exact) mass is 410 g/mol. The van der Waals surface area contributed by atoms with Crippen LogP contribution in [0.2, 0.25) is 0 Å². The van der Waals surface area contributed by atoms with Crippen LogP contribution in [0.4, 0.5) is 0 Å². The van der Waals surface area contributed by atoms with Crippen LogP contribution in [-0.2, 0) is 10.2 Å². The van der Waals surface area contributed by atoms with Gasteiger partial charge in [-0.25, -0.2) is 0 Å². The molecule has 1 spiro atoms. The van der Waals surface area contributed by atoms with Crippen molar-refractivity contribution < 1.29 is 4.79 Å². The fourth-order valence-corrected chi connectivity index (χ4v) is 6.74. The number of piperidine rings is 1. The van der Waals surface area contributed by atoms with Gasteiger partial charge in [-0.1, -0.05) is 51.5 Å². The van der Waals surface area contributed by atoms with E-state index in [1.54, 1.807) is 6.92 Å². The van der Waals surface area contributed by atoms with Crippen LogP contribution >= 0.6 is 0 Å². The Morgan fingerprint density at radius 3 is 2.37 bits per heavy atom. The molecule has 1 aliphatic heterocycles. The number of carbonyl (C=O) groups excluding carboxylic acids is 1. The van der Waals surface area contributed by atoms with E-state index in [-0.39, 0.29) is 11.9 Å². The minimum absolute atomic E-state index is 0.0856. The van der Waals surface area contributed by atoms with Crippen LogP contribution in [0.1, 0.15) is 103 Å². The highest BCUT2D eigenvalue weighted by Crippen LogP contribution is 2.49. The number of fused-ring (bicyclic) bond motifs is 2. The predicted octanol–water partition coefficient (Wildman–Crippen LogP) is 5.99. The van der Waals surface area contributed by atoms with Crippen LogP contribution in [0.3, 0.4) is 0 Å². The van der Waals surface area contributed by atoms with Gasteiger partial charge in [0, 0.05) is 13.0 Å². The van der Waals surface area contributed by atoms with Gasteiger partial charge < -0.3 is 10.2 Å². The first-order valence-corrected chi connectivity index (χ1v) is 12.5. The van der Waals surface area contributed by atoms with Gasteiger partial charge in [0.25, 0.3) is 0 Å². The molecule has 1 saturated heterocycles. The quantitative estimate of drug-likeness (QED) is 0.661. The van der Waals surface area contributed by atoms with Gasteiger partial charge in [-0.15, -0.1) is 0 Å². The van der Waals surface area contributed by atoms with Gasteiger partial charge >= 0.3 is 0 Å². The molecule has 0 aromatic heterocycles. The van der Waals surface area contributed by atoms with E-state index in [1.807, 2.05) is 0 Å². The molecule has 1 atom stereocenters. The maximum atomic E-state index is 11.7. The lowest BCUT2D eigenvalue weighted by Gasteiger charge is -2.50. The molecule has 30 heavy (non-hydrogen) atoms. The summed E-state index contributed by atoms with van der Waals surface area (Å²) in [6.45, 7) is 11.4. The Kier molecular flexibility index (Phi) is 6.30. The third kappa shape index (κ3) is 4.20. The Bertz CT molecular complexity index is 739. The van der Waals surface area contributed by atoms with E-state index < -0.39 is 0 Å². The van der Waals surface area contributed by atoms with Gasteiger partial charge in [0.15, 0.2) is 0 Å². The summed E-state index contributed by atoms with van der Waals surface area (Å²) >= 11 is 0. The standard InChI is InChI=1S/C27H42N2O/c1-5-26(3,4)21-10-12-22(13-11-21)29-18-16-27(17-19-29)15-14-25(28-20(2)30)23-8-6-7-9-24(23)27/h6-9,21-22,25H,5,10-19H2,1-4H3,(H,28,30)/t21?,22?,25-/m0/s1. The highest BCUT2D eigenvalue weighted by atomic mass is 16.1. The Morgan fingerprint density at radius 1 is 1.07 bits per heavy atom. The van der Waals surface area contributed by atoms with Crippen molar-refractivity contribution in [3.05, 3.63) is 35.4 Å². The fraction of sp³-hybridized carbons (Fsp3) is 0.741. The first-order valence-electron chi connectivity index (χ1n) is 12.5. The average Bonchev–Trinajstić information content (AvgIpc) is 2.76. The summed E-state index contributed by atoms with van der Waals surface area (Å²) in [6, 6.07) is 9.92. The second-order valence-electron chi connectivity index (χ2n) is 11.0. The number of hydrogen-bond acceptors (Lipinski definition) is 2. The minimum Gasteiger partial charge on any atom is -0.350 e. The molecule has 1 N–H and O–H groups in total. The maximum absolute atomic E-state index is 11.7. The van der Waals surface area contributed by atoms with E-state index in [0.29, 0.717) is 10.8 Å². The number of carbonyl (C=O) groups is 1. The molecule has 2 fully saturated rings. The molecule has 0 bridgehead atoms. The van der Waals surface area contributed by atoms with E-state index in [4.69, 9.17) is 0 Å². The van der Waals surface area contributed by atoms with Crippen LogP contribution in [0.25, 0.3) is 0 Å². The van der Waals surface area contributed by atoms with Gasteiger partial charge in [-0.2, -0.15) is 0 Å². The molecule has 1 aromatic carbocycles. The van der Waals surface area contributed by atoms with E-state index >= 15 is 0 Å². The van der Waals surface area contributed by atoms with Crippen molar-refractivity contribution in [3.8, 4) is 0 Å². The summed E-state index contributed by atoms with van der Waals surface area (Å²) in [6.07, 6.45) is 11.7. The van der Waals surface area contributed by atoms with E-state index in [1.165, 1.54) is 75.6 Å². The normalized spacial score (nSPS) is 29.4. The third-order valence-corrected chi connectivity index (χ3v) is 9.18. The molecule has 0 radical (unpaired) electrons. The molecular formula is C27H42N2O. The predicted molar refractivity (Wildman–Crippen MR) is 125 cm³/mol. The van der Waals surface area contributed by atoms with E-state index in [0.717, 1.165) is 18.4 Å². The second kappa shape index (κ2) is 8.65. The van der Waals surface area contributed by atoms with Crippen molar-refractivity contribution >= 4 is 5.91 Å². The number of rotatable bonds is 4. The summed E-state index contributed by atoms with van der Waals surface area (Å²) in [5.41, 5.74) is 3.72. The molecule has 3 heteroatoms. The molecular weight excluding hydrogens is 368 g/mol. The summed E-state index contributed by atoms with van der Waals surface area (Å²) in [5, 5.41) is 3.19. The van der Waals surface area contributed by atoms with Gasteiger partial charge in [0.05, 0.1) is 6.04 Å². The van der Waals surface area contributed by atoms with Crippen LogP contribution in [-0.4, -0.2) is 29.9 Å². The highest BCUT2D eigenvalue weighted by molar-refractivity contribution is 5.73. The molecule has 1 heterocycles. The van der Waals surface area contributed by atoms with Gasteiger partial charge in [0.2, 0.25) is 5.91 Å². The second-order valence-corrected chi connectivity index (χ2v) is 11.0. The van der Waals surface area contributed by atoms with E-state index in [2.05, 4.69) is 55.3 Å². The SMILES string of the molecule is CCC(C)(C)C1CCC(N2CCC3(CC[C@H](NC(C)=O)c4ccccc43)CC2)CC1. The molecule has 3 aliphatic rings. The first-order chi connectivity index (χ1) is 14.3. The summed E-state index contributed by atoms with van der Waals surface area (Å²) in [5.74, 6) is 0.994. The number of hydrogen-bond donors (Lipinski definition) is 1. The average molecular weight is 411 g/mol. The van der Waals surface area contributed by atoms with Crippen molar-refractivity contribution in [2.45, 2.75) is 103 Å². The van der Waals surface area contributed by atoms with Crippen molar-refractivity contribution in [1.82, 2.24) is 10.2 Å². The molecule has 4 rings (SSSR count). The lowest BCUT2D eigenvalue weighted by atomic mass is 9.63. The Labute approximate surface area is 184 Å². The Balaban J connectivity index is 1.40. The Morgan fingerprint density at radius 2 is 1.73 bits per heavy atom. The number of likely N-dealkylation sites (tertiary alicyclic amines) is 1. The summed E-state index contributed by atoms with van der Waals surface area (Å²) in [7, 11) is 0. The minimum atomic E-state index is 0.0856. The fourth-order valence-electron chi connectivity index (χ4n) is 6.74. The third-order valence-electron chi connectivity index (χ3n) is 9.18. The molecule has 166 valence electrons. The zero-order valence-corrected chi connectivity index (χ0v) is 19.7. The van der Waals surface area contributed by atoms with Crippen LogP contribution in [0, 0.1) is 11.3 Å². The molecule has 3 nitrogen and oxygen atoms in total. The molecule has 2 aliphatic carbocycles. The van der Waals surface area contributed by atoms with Gasteiger partial charge in [-0.05, 0) is 92.3 Å². The largest absolute Gasteiger partial charge is 0.350 e. The van der Waals surface area contributed by atoms with Crippen molar-refractivity contribution in [2.24, 2.45) is 11.3 Å². The van der Waals surface area contributed by atoms with E-state index in [9.17, 15) is 4.79 Å². The number of nitrogens with zero attached hydrogens (tertiary/aromatic N) is 1. The van der Waals surface area contributed by atoms with Crippen LogP contribution in [0.15, 0.2) is 24.3 Å². The topological polar surface area (TPSA) is 32.3 Å². The van der Waals surface area contributed by atoms with Gasteiger partial charge in [-0.3, -0.25) is 4.79 Å². The molecule has 1 saturated carbocycles. The smallest absolute Gasteiger partial charge is 0.217 e. The zero-order chi connectivity index (χ0) is 21.4. The molecule has 1 aromatic rings. The van der Waals surface area contributed by atoms with Crippen molar-refractivity contribution in [2.75, 3.05) is 13.1 Å². The first kappa shape index (κ1) is 21.9.